The number of nitrogens with zero attached hydrogens (tertiary/aromatic N) is 4. The van der Waals surface area contributed by atoms with Crippen molar-refractivity contribution in [3.05, 3.63) is 16.7 Å². The van der Waals surface area contributed by atoms with E-state index in [9.17, 15) is 9.90 Å². The van der Waals surface area contributed by atoms with Crippen molar-refractivity contribution < 1.29 is 14.9 Å². The smallest absolute Gasteiger partial charge is 0.280 e. The number of H-pyrrole nitrogens is 1. The lowest BCUT2D eigenvalue weighted by Crippen LogP contribution is -2.24. The molecular formula is C9H11N5O4. The third-order valence-electron chi connectivity index (χ3n) is 2.92. The molecule has 1 saturated heterocycles. The van der Waals surface area contributed by atoms with Crippen molar-refractivity contribution in [2.45, 2.75) is 24.9 Å². The largest absolute Gasteiger partial charge is 0.394 e. The summed E-state index contributed by atoms with van der Waals surface area (Å²) in [5.74, 6) is 0. The molecule has 0 aromatic carbocycles. The fourth-order valence-corrected chi connectivity index (χ4v) is 2.00. The van der Waals surface area contributed by atoms with Gasteiger partial charge >= 0.3 is 0 Å². The Hall–Kier alpha value is -1.84. The minimum absolute atomic E-state index is 0.114. The first-order valence-corrected chi connectivity index (χ1v) is 5.43. The van der Waals surface area contributed by atoms with Gasteiger partial charge in [0.15, 0.2) is 17.4 Å². The Morgan fingerprint density at radius 1 is 1.61 bits per heavy atom. The Labute approximate surface area is 100 Å². The van der Waals surface area contributed by atoms with Gasteiger partial charge in [-0.05, 0) is 0 Å². The molecule has 3 N–H and O–H groups in total. The van der Waals surface area contributed by atoms with Gasteiger partial charge in [-0.2, -0.15) is 4.68 Å². The number of fused-ring (bicyclic) bond motifs is 1. The number of aliphatic hydroxyl groups is 2. The van der Waals surface area contributed by atoms with E-state index in [0.29, 0.717) is 0 Å². The van der Waals surface area contributed by atoms with E-state index in [2.05, 4.69) is 20.3 Å². The van der Waals surface area contributed by atoms with Crippen molar-refractivity contribution in [2.24, 2.45) is 0 Å². The average molecular weight is 253 g/mol. The van der Waals surface area contributed by atoms with Crippen LogP contribution in [0.4, 0.5) is 0 Å². The van der Waals surface area contributed by atoms with Crippen LogP contribution in [-0.2, 0) is 4.74 Å². The zero-order valence-electron chi connectivity index (χ0n) is 9.22. The highest BCUT2D eigenvalue weighted by Crippen LogP contribution is 2.28. The molecule has 0 amide bonds. The van der Waals surface area contributed by atoms with Crippen molar-refractivity contribution in [3.63, 3.8) is 0 Å². The maximum Gasteiger partial charge on any atom is 0.280 e. The van der Waals surface area contributed by atoms with Gasteiger partial charge in [0.1, 0.15) is 6.10 Å². The van der Waals surface area contributed by atoms with E-state index in [1.807, 2.05) is 0 Å². The number of aromatic nitrogens is 5. The van der Waals surface area contributed by atoms with Crippen LogP contribution < -0.4 is 5.56 Å². The second-order valence-electron chi connectivity index (χ2n) is 4.05. The highest BCUT2D eigenvalue weighted by atomic mass is 16.5. The Morgan fingerprint density at radius 2 is 2.44 bits per heavy atom. The first-order valence-electron chi connectivity index (χ1n) is 5.43. The van der Waals surface area contributed by atoms with Crippen molar-refractivity contribution in [1.82, 2.24) is 25.0 Å². The van der Waals surface area contributed by atoms with E-state index in [-0.39, 0.29) is 29.8 Å². The summed E-state index contributed by atoms with van der Waals surface area (Å²) in [6.45, 7) is -0.279. The highest BCUT2D eigenvalue weighted by molar-refractivity contribution is 5.67. The number of aliphatic hydroxyl groups excluding tert-OH is 2. The Bertz CT molecular complexity index is 623. The van der Waals surface area contributed by atoms with Crippen LogP contribution >= 0.6 is 0 Å². The molecule has 0 aliphatic carbocycles. The number of nitrogens with one attached hydrogen (secondary N) is 1. The standard InChI is InChI=1S/C9H11N5O4/c15-2-5-4(16)1-6(18-5)14-8-7(12-13-14)9(17)11-3-10-8/h3-6,15-16H,1-2H2,(H,10,11,17)/t4?,5-,6-/m1/s1. The minimum atomic E-state index is -0.777. The van der Waals surface area contributed by atoms with E-state index in [1.54, 1.807) is 0 Å². The molecule has 3 rings (SSSR count). The molecule has 3 atom stereocenters. The summed E-state index contributed by atoms with van der Waals surface area (Å²) in [4.78, 5) is 17.8. The highest BCUT2D eigenvalue weighted by Gasteiger charge is 2.36. The topological polar surface area (TPSA) is 126 Å². The molecule has 3 heterocycles. The van der Waals surface area contributed by atoms with Gasteiger partial charge in [-0.3, -0.25) is 4.79 Å². The molecule has 1 aliphatic heterocycles. The van der Waals surface area contributed by atoms with Crippen LogP contribution in [0.5, 0.6) is 0 Å². The number of hydrogen-bond acceptors (Lipinski definition) is 7. The van der Waals surface area contributed by atoms with Gasteiger partial charge < -0.3 is 19.9 Å². The van der Waals surface area contributed by atoms with Gasteiger partial charge in [0.2, 0.25) is 0 Å². The maximum absolute atomic E-state index is 11.5. The second kappa shape index (κ2) is 4.12. The summed E-state index contributed by atoms with van der Waals surface area (Å²) in [6, 6.07) is 0. The van der Waals surface area contributed by atoms with Crippen LogP contribution in [0, 0.1) is 0 Å². The summed E-state index contributed by atoms with van der Waals surface area (Å²) in [5, 5.41) is 26.2. The van der Waals surface area contributed by atoms with E-state index < -0.39 is 18.4 Å². The molecule has 9 nitrogen and oxygen atoms in total. The Balaban J connectivity index is 2.01. The van der Waals surface area contributed by atoms with Gasteiger partial charge in [0.05, 0.1) is 19.0 Å². The van der Waals surface area contributed by atoms with Crippen LogP contribution in [0.1, 0.15) is 12.6 Å². The molecule has 0 saturated carbocycles. The summed E-state index contributed by atoms with van der Waals surface area (Å²) in [7, 11) is 0. The Morgan fingerprint density at radius 3 is 3.17 bits per heavy atom. The number of rotatable bonds is 2. The number of hydrogen-bond donors (Lipinski definition) is 3. The zero-order chi connectivity index (χ0) is 12.7. The first kappa shape index (κ1) is 11.3. The van der Waals surface area contributed by atoms with Gasteiger partial charge in [-0.15, -0.1) is 5.10 Å². The monoisotopic (exact) mass is 253 g/mol. The number of ether oxygens (including phenoxy) is 1. The van der Waals surface area contributed by atoms with Crippen LogP contribution in [0.25, 0.3) is 11.2 Å². The lowest BCUT2D eigenvalue weighted by Gasteiger charge is -2.11. The number of aromatic amines is 1. The minimum Gasteiger partial charge on any atom is -0.394 e. The normalized spacial score (nSPS) is 28.0. The van der Waals surface area contributed by atoms with E-state index in [1.165, 1.54) is 11.0 Å². The SMILES string of the molecule is O=c1[nH]cnc2c1nnn2[C@H]1CC(O)[C@@H](CO)O1. The predicted octanol–water partition coefficient (Wildman–Crippen LogP) is -1.84. The first-order chi connectivity index (χ1) is 8.70. The van der Waals surface area contributed by atoms with Crippen molar-refractivity contribution >= 4 is 11.2 Å². The third kappa shape index (κ3) is 1.60. The molecule has 0 spiro atoms. The van der Waals surface area contributed by atoms with Crippen LogP contribution in [0.15, 0.2) is 11.1 Å². The van der Waals surface area contributed by atoms with E-state index in [0.717, 1.165) is 0 Å². The molecule has 2 aromatic rings. The summed E-state index contributed by atoms with van der Waals surface area (Å²) >= 11 is 0. The molecule has 1 fully saturated rings. The average Bonchev–Trinajstić information content (AvgIpc) is 2.93. The second-order valence-corrected chi connectivity index (χ2v) is 4.05. The lowest BCUT2D eigenvalue weighted by molar-refractivity contribution is -0.0476. The van der Waals surface area contributed by atoms with Gasteiger partial charge in [-0.1, -0.05) is 5.21 Å². The summed E-state index contributed by atoms with van der Waals surface area (Å²) in [6.07, 6.45) is -0.508. The molecule has 1 aliphatic rings. The fourth-order valence-electron chi connectivity index (χ4n) is 2.00. The van der Waals surface area contributed by atoms with Crippen LogP contribution in [0.2, 0.25) is 0 Å². The fraction of sp³-hybridized carbons (Fsp3) is 0.556. The third-order valence-corrected chi connectivity index (χ3v) is 2.92. The van der Waals surface area contributed by atoms with Crippen LogP contribution in [-0.4, -0.2) is 54.0 Å². The van der Waals surface area contributed by atoms with Crippen LogP contribution in [0.3, 0.4) is 0 Å². The van der Waals surface area contributed by atoms with Crippen molar-refractivity contribution in [2.75, 3.05) is 6.61 Å². The lowest BCUT2D eigenvalue weighted by atomic mass is 10.2. The quantitative estimate of drug-likeness (QED) is 0.573. The van der Waals surface area contributed by atoms with Gasteiger partial charge in [0.25, 0.3) is 5.56 Å². The molecule has 0 bridgehead atoms. The predicted molar refractivity (Wildman–Crippen MR) is 57.6 cm³/mol. The molecule has 0 radical (unpaired) electrons. The summed E-state index contributed by atoms with van der Waals surface area (Å²) in [5.41, 5.74) is 0.0149. The molecule has 1 unspecified atom stereocenters. The molecule has 96 valence electrons. The molecule has 9 heteroatoms. The Kier molecular flexibility index (Phi) is 2.58. The van der Waals surface area contributed by atoms with Crippen molar-refractivity contribution in [1.29, 1.82) is 0 Å². The molecular weight excluding hydrogens is 242 g/mol. The van der Waals surface area contributed by atoms with Gasteiger partial charge in [0, 0.05) is 6.42 Å². The molecule has 18 heavy (non-hydrogen) atoms. The zero-order valence-corrected chi connectivity index (χ0v) is 9.22. The van der Waals surface area contributed by atoms with Gasteiger partial charge in [-0.25, -0.2) is 4.98 Å². The summed E-state index contributed by atoms with van der Waals surface area (Å²) < 4.78 is 6.76. The van der Waals surface area contributed by atoms with E-state index >= 15 is 0 Å². The molecule has 2 aromatic heterocycles. The van der Waals surface area contributed by atoms with Crippen molar-refractivity contribution in [3.8, 4) is 0 Å². The van der Waals surface area contributed by atoms with E-state index in [4.69, 9.17) is 9.84 Å². The maximum atomic E-state index is 11.5.